The number of benzene rings is 1. The van der Waals surface area contributed by atoms with Crippen LogP contribution in [0.3, 0.4) is 0 Å². The first-order valence-corrected chi connectivity index (χ1v) is 7.51. The van der Waals surface area contributed by atoms with E-state index in [1.807, 2.05) is 12.1 Å². The van der Waals surface area contributed by atoms with E-state index in [0.29, 0.717) is 0 Å². The van der Waals surface area contributed by atoms with Gasteiger partial charge in [-0.2, -0.15) is 0 Å². The van der Waals surface area contributed by atoms with Gasteiger partial charge in [-0.1, -0.05) is 24.3 Å². The van der Waals surface area contributed by atoms with Gasteiger partial charge >= 0.3 is 5.97 Å². The van der Waals surface area contributed by atoms with Crippen LogP contribution in [0.2, 0.25) is 0 Å². The summed E-state index contributed by atoms with van der Waals surface area (Å²) in [7, 11) is 2.16. The molecule has 1 aromatic carbocycles. The molecule has 1 fully saturated rings. The van der Waals surface area contributed by atoms with Crippen LogP contribution in [-0.2, 0) is 11.2 Å². The summed E-state index contributed by atoms with van der Waals surface area (Å²) in [5, 5.41) is 8.76. The molecule has 1 aliphatic rings. The Balaban J connectivity index is 1.81. The maximum Gasteiger partial charge on any atom is 0.305 e. The Morgan fingerprint density at radius 3 is 2.43 bits per heavy atom. The lowest BCUT2D eigenvalue weighted by Crippen LogP contribution is -2.45. The molecule has 0 spiro atoms. The van der Waals surface area contributed by atoms with Crippen molar-refractivity contribution in [2.75, 3.05) is 39.8 Å². The molecular formula is C16H25N3O2. The molecule has 1 saturated heterocycles. The number of rotatable bonds is 6. The van der Waals surface area contributed by atoms with E-state index in [1.54, 1.807) is 0 Å². The van der Waals surface area contributed by atoms with Crippen LogP contribution in [0.5, 0.6) is 0 Å². The molecule has 0 amide bonds. The molecule has 116 valence electrons. The molecule has 1 aliphatic heterocycles. The predicted octanol–water partition coefficient (Wildman–Crippen LogP) is 0.951. The minimum Gasteiger partial charge on any atom is -0.481 e. The lowest BCUT2D eigenvalue weighted by Gasteiger charge is -2.32. The van der Waals surface area contributed by atoms with Gasteiger partial charge in [0.05, 0.1) is 6.42 Å². The second kappa shape index (κ2) is 7.54. The van der Waals surface area contributed by atoms with Gasteiger partial charge in [0.15, 0.2) is 0 Å². The van der Waals surface area contributed by atoms with Crippen LogP contribution in [-0.4, -0.2) is 60.6 Å². The summed E-state index contributed by atoms with van der Waals surface area (Å²) in [5.41, 5.74) is 8.02. The van der Waals surface area contributed by atoms with Crippen molar-refractivity contribution in [1.29, 1.82) is 0 Å². The zero-order valence-corrected chi connectivity index (χ0v) is 12.7. The minimum atomic E-state index is -0.860. The quantitative estimate of drug-likeness (QED) is 0.816. The van der Waals surface area contributed by atoms with Crippen LogP contribution in [0.25, 0.3) is 0 Å². The summed E-state index contributed by atoms with van der Waals surface area (Å²) in [5.74, 6) is -0.860. The molecule has 1 unspecified atom stereocenters. The summed E-state index contributed by atoms with van der Waals surface area (Å²) in [6.45, 7) is 5.64. The third-order valence-corrected chi connectivity index (χ3v) is 4.12. The Morgan fingerprint density at radius 2 is 1.86 bits per heavy atom. The number of carboxylic acids is 1. The first kappa shape index (κ1) is 15.9. The number of aliphatic carboxylic acids is 1. The average Bonchev–Trinajstić information content (AvgIpc) is 2.46. The number of hydrogen-bond acceptors (Lipinski definition) is 4. The number of hydrogen-bond donors (Lipinski definition) is 2. The Morgan fingerprint density at radius 1 is 1.24 bits per heavy atom. The molecule has 0 saturated carbocycles. The Labute approximate surface area is 126 Å². The molecule has 21 heavy (non-hydrogen) atoms. The third-order valence-electron chi connectivity index (χ3n) is 4.12. The number of piperazine rings is 1. The van der Waals surface area contributed by atoms with Gasteiger partial charge in [0.2, 0.25) is 0 Å². The van der Waals surface area contributed by atoms with Crippen molar-refractivity contribution in [3.8, 4) is 0 Å². The summed E-state index contributed by atoms with van der Waals surface area (Å²) >= 11 is 0. The Bertz CT molecular complexity index is 453. The second-order valence-electron chi connectivity index (χ2n) is 5.84. The first-order valence-electron chi connectivity index (χ1n) is 7.51. The van der Waals surface area contributed by atoms with Gasteiger partial charge in [-0.25, -0.2) is 0 Å². The molecule has 2 rings (SSSR count). The maximum absolute atomic E-state index is 10.7. The number of likely N-dealkylation sites (N-methyl/N-ethyl adjacent to an activating group) is 1. The fourth-order valence-electron chi connectivity index (χ4n) is 2.60. The largest absolute Gasteiger partial charge is 0.481 e. The van der Waals surface area contributed by atoms with Crippen LogP contribution in [0, 0.1) is 0 Å². The molecule has 0 aliphatic carbocycles. The van der Waals surface area contributed by atoms with Crippen LogP contribution < -0.4 is 5.73 Å². The van der Waals surface area contributed by atoms with Crippen molar-refractivity contribution < 1.29 is 9.90 Å². The predicted molar refractivity (Wildman–Crippen MR) is 83.3 cm³/mol. The first-order chi connectivity index (χ1) is 10.0. The highest BCUT2D eigenvalue weighted by molar-refractivity contribution is 5.67. The molecule has 5 heteroatoms. The smallest absolute Gasteiger partial charge is 0.305 e. The number of carboxylic acid groups (broad SMARTS) is 1. The lowest BCUT2D eigenvalue weighted by molar-refractivity contribution is -0.137. The zero-order chi connectivity index (χ0) is 15.2. The van der Waals surface area contributed by atoms with Crippen LogP contribution >= 0.6 is 0 Å². The van der Waals surface area contributed by atoms with E-state index in [4.69, 9.17) is 10.8 Å². The van der Waals surface area contributed by atoms with Crippen molar-refractivity contribution in [3.05, 3.63) is 35.4 Å². The fraction of sp³-hybridized carbons (Fsp3) is 0.562. The second-order valence-corrected chi connectivity index (χ2v) is 5.84. The molecule has 1 atom stereocenters. The SMILES string of the molecule is CN1CCN(CCc2ccc(C(N)CC(=O)O)cc2)CC1. The topological polar surface area (TPSA) is 69.8 Å². The van der Waals surface area contributed by atoms with Gasteiger partial charge in [-0.3, -0.25) is 4.79 Å². The number of nitrogens with two attached hydrogens (primary N) is 1. The van der Waals surface area contributed by atoms with Crippen LogP contribution in [0.4, 0.5) is 0 Å². The van der Waals surface area contributed by atoms with Crippen molar-refractivity contribution in [3.63, 3.8) is 0 Å². The molecule has 1 heterocycles. The van der Waals surface area contributed by atoms with Gasteiger partial charge in [0.1, 0.15) is 0 Å². The molecule has 5 nitrogen and oxygen atoms in total. The fourth-order valence-corrected chi connectivity index (χ4v) is 2.60. The van der Waals surface area contributed by atoms with E-state index in [2.05, 4.69) is 29.0 Å². The molecule has 1 aromatic rings. The number of nitrogens with zero attached hydrogens (tertiary/aromatic N) is 2. The normalized spacial score (nSPS) is 18.6. The highest BCUT2D eigenvalue weighted by atomic mass is 16.4. The standard InChI is InChI=1S/C16H25N3O2/c1-18-8-10-19(11-9-18)7-6-13-2-4-14(5-3-13)15(17)12-16(20)21/h2-5,15H,6-12,17H2,1H3,(H,20,21). The summed E-state index contributed by atoms with van der Waals surface area (Å²) < 4.78 is 0. The van der Waals surface area contributed by atoms with Crippen LogP contribution in [0.1, 0.15) is 23.6 Å². The van der Waals surface area contributed by atoms with Gasteiger partial charge < -0.3 is 20.6 Å². The van der Waals surface area contributed by atoms with E-state index in [1.165, 1.54) is 5.56 Å². The van der Waals surface area contributed by atoms with Gasteiger partial charge in [0, 0.05) is 38.8 Å². The highest BCUT2D eigenvalue weighted by Crippen LogP contribution is 2.15. The van der Waals surface area contributed by atoms with E-state index in [9.17, 15) is 4.79 Å². The molecule has 0 aromatic heterocycles. The summed E-state index contributed by atoms with van der Waals surface area (Å²) in [6, 6.07) is 7.61. The van der Waals surface area contributed by atoms with E-state index >= 15 is 0 Å². The van der Waals surface area contributed by atoms with E-state index < -0.39 is 12.0 Å². The lowest BCUT2D eigenvalue weighted by atomic mass is 10.0. The van der Waals surface area contributed by atoms with Crippen molar-refractivity contribution in [2.45, 2.75) is 18.9 Å². The third kappa shape index (κ3) is 5.12. The summed E-state index contributed by atoms with van der Waals surface area (Å²) in [6.07, 6.45) is 0.999. The average molecular weight is 291 g/mol. The maximum atomic E-state index is 10.7. The van der Waals surface area contributed by atoms with Gasteiger partial charge in [-0.15, -0.1) is 0 Å². The Hall–Kier alpha value is -1.43. The molecule has 0 radical (unpaired) electrons. The molecule has 0 bridgehead atoms. The van der Waals surface area contributed by atoms with E-state index in [0.717, 1.165) is 44.7 Å². The number of carbonyl (C=O) groups is 1. The van der Waals surface area contributed by atoms with Gasteiger partial charge in [0.25, 0.3) is 0 Å². The molecular weight excluding hydrogens is 266 g/mol. The molecule has 3 N–H and O–H groups in total. The summed E-state index contributed by atoms with van der Waals surface area (Å²) in [4.78, 5) is 15.5. The van der Waals surface area contributed by atoms with Crippen molar-refractivity contribution in [2.24, 2.45) is 5.73 Å². The zero-order valence-electron chi connectivity index (χ0n) is 12.7. The highest BCUT2D eigenvalue weighted by Gasteiger charge is 2.13. The van der Waals surface area contributed by atoms with Crippen molar-refractivity contribution in [1.82, 2.24) is 9.80 Å². The Kier molecular flexibility index (Phi) is 5.73. The van der Waals surface area contributed by atoms with Gasteiger partial charge in [-0.05, 0) is 24.6 Å². The van der Waals surface area contributed by atoms with Crippen molar-refractivity contribution >= 4 is 5.97 Å². The van der Waals surface area contributed by atoms with Crippen LogP contribution in [0.15, 0.2) is 24.3 Å². The van der Waals surface area contributed by atoms with E-state index in [-0.39, 0.29) is 6.42 Å². The monoisotopic (exact) mass is 291 g/mol. The minimum absolute atomic E-state index is 0.0271.